The maximum Gasteiger partial charge on any atom is 0.342 e. The average molecular weight is 535 g/mol. The number of hydrogen-bond acceptors (Lipinski definition) is 8. The second kappa shape index (κ2) is 18.8. The standard InChI is InChI=1S/C30H46O8/c1-5-6-7-8-9-17-28(31)35-19-18-25-20-27(37-22-34-4)23(2)13-10-11-14-24-15-12-16-26(36-21-33-3)29(24)30(32)38-25/h10-12,15-16,23,25,27H,5-9,13-14,17-22H2,1-4H3/b11-10+/t23-,25-,27+/m1/s1. The van der Waals surface area contributed by atoms with E-state index >= 15 is 0 Å². The summed E-state index contributed by atoms with van der Waals surface area (Å²) in [4.78, 5) is 25.8. The van der Waals surface area contributed by atoms with Gasteiger partial charge in [-0.05, 0) is 36.8 Å². The minimum absolute atomic E-state index is 0.0157. The highest BCUT2D eigenvalue weighted by molar-refractivity contribution is 5.94. The van der Waals surface area contributed by atoms with Crippen molar-refractivity contribution in [3.63, 3.8) is 0 Å². The van der Waals surface area contributed by atoms with Gasteiger partial charge in [0.2, 0.25) is 0 Å². The van der Waals surface area contributed by atoms with Crippen LogP contribution in [0.4, 0.5) is 0 Å². The van der Waals surface area contributed by atoms with Crippen molar-refractivity contribution < 1.29 is 38.0 Å². The number of fused-ring (bicyclic) bond motifs is 1. The van der Waals surface area contributed by atoms with E-state index in [-0.39, 0.29) is 38.2 Å². The van der Waals surface area contributed by atoms with Crippen LogP contribution < -0.4 is 4.74 Å². The molecule has 1 heterocycles. The van der Waals surface area contributed by atoms with E-state index < -0.39 is 12.1 Å². The molecule has 8 heteroatoms. The predicted molar refractivity (Wildman–Crippen MR) is 145 cm³/mol. The molecule has 1 aliphatic heterocycles. The van der Waals surface area contributed by atoms with Crippen molar-refractivity contribution in [2.75, 3.05) is 34.4 Å². The Hall–Kier alpha value is -2.42. The molecule has 0 bridgehead atoms. The Kier molecular flexibility index (Phi) is 15.7. The highest BCUT2D eigenvalue weighted by Crippen LogP contribution is 2.28. The quantitative estimate of drug-likeness (QED) is 0.117. The van der Waals surface area contributed by atoms with Crippen molar-refractivity contribution >= 4 is 11.9 Å². The number of carbonyl (C=O) groups is 2. The zero-order valence-corrected chi connectivity index (χ0v) is 23.6. The molecule has 38 heavy (non-hydrogen) atoms. The zero-order valence-electron chi connectivity index (χ0n) is 23.6. The molecule has 2 rings (SSSR count). The molecule has 0 saturated carbocycles. The second-order valence-corrected chi connectivity index (χ2v) is 9.78. The van der Waals surface area contributed by atoms with Gasteiger partial charge in [0.1, 0.15) is 24.2 Å². The number of benzene rings is 1. The van der Waals surface area contributed by atoms with Crippen LogP contribution in [-0.4, -0.2) is 58.6 Å². The summed E-state index contributed by atoms with van der Waals surface area (Å²) in [6, 6.07) is 5.49. The van der Waals surface area contributed by atoms with Crippen molar-refractivity contribution in [2.24, 2.45) is 5.92 Å². The summed E-state index contributed by atoms with van der Waals surface area (Å²) in [6.07, 6.45) is 11.4. The second-order valence-electron chi connectivity index (χ2n) is 9.78. The molecule has 0 radical (unpaired) electrons. The minimum atomic E-state index is -0.518. The topological polar surface area (TPSA) is 89.5 Å². The first kappa shape index (κ1) is 31.8. The maximum atomic E-state index is 13.5. The van der Waals surface area contributed by atoms with Crippen molar-refractivity contribution in [1.82, 2.24) is 0 Å². The third-order valence-electron chi connectivity index (χ3n) is 6.65. The summed E-state index contributed by atoms with van der Waals surface area (Å²) < 4.78 is 33.4. The van der Waals surface area contributed by atoms with Gasteiger partial charge in [0.25, 0.3) is 0 Å². The number of rotatable bonds is 15. The molecule has 1 aromatic carbocycles. The number of allylic oxidation sites excluding steroid dienone is 2. The maximum absolute atomic E-state index is 13.5. The fourth-order valence-electron chi connectivity index (χ4n) is 4.46. The van der Waals surface area contributed by atoms with Crippen molar-refractivity contribution in [2.45, 2.75) is 90.3 Å². The number of cyclic esters (lactones) is 1. The molecule has 0 fully saturated rings. The normalized spacial score (nSPS) is 20.9. The lowest BCUT2D eigenvalue weighted by atomic mass is 9.93. The van der Waals surface area contributed by atoms with Gasteiger partial charge in [-0.3, -0.25) is 4.79 Å². The fraction of sp³-hybridized carbons (Fsp3) is 0.667. The Morgan fingerprint density at radius 2 is 1.84 bits per heavy atom. The largest absolute Gasteiger partial charge is 0.467 e. The minimum Gasteiger partial charge on any atom is -0.467 e. The highest BCUT2D eigenvalue weighted by atomic mass is 16.7. The molecule has 0 aliphatic carbocycles. The number of ether oxygens (including phenoxy) is 6. The van der Waals surface area contributed by atoms with Gasteiger partial charge in [0, 0.05) is 33.5 Å². The fourth-order valence-corrected chi connectivity index (χ4v) is 4.46. The molecular weight excluding hydrogens is 488 g/mol. The lowest BCUT2D eigenvalue weighted by molar-refractivity contribution is -0.144. The van der Waals surface area contributed by atoms with Crippen molar-refractivity contribution in [1.29, 1.82) is 0 Å². The van der Waals surface area contributed by atoms with E-state index in [1.165, 1.54) is 20.0 Å². The number of carbonyl (C=O) groups excluding carboxylic acids is 2. The Bertz CT molecular complexity index is 853. The summed E-state index contributed by atoms with van der Waals surface area (Å²) in [7, 11) is 3.11. The molecular formula is C30H46O8. The molecule has 0 spiro atoms. The molecule has 3 atom stereocenters. The average Bonchev–Trinajstić information content (AvgIpc) is 2.91. The molecule has 0 N–H and O–H groups in total. The van der Waals surface area contributed by atoms with Gasteiger partial charge in [0.05, 0.1) is 12.7 Å². The summed E-state index contributed by atoms with van der Waals surface area (Å²) in [6.45, 7) is 4.61. The van der Waals surface area contributed by atoms with Crippen LogP contribution in [0, 0.1) is 5.92 Å². The van der Waals surface area contributed by atoms with Crippen LogP contribution >= 0.6 is 0 Å². The first-order valence-corrected chi connectivity index (χ1v) is 13.9. The van der Waals surface area contributed by atoms with E-state index in [0.29, 0.717) is 37.0 Å². The van der Waals surface area contributed by atoms with Crippen LogP contribution in [0.5, 0.6) is 5.75 Å². The number of esters is 2. The van der Waals surface area contributed by atoms with Gasteiger partial charge in [-0.25, -0.2) is 4.79 Å². The summed E-state index contributed by atoms with van der Waals surface area (Å²) in [5, 5.41) is 0. The van der Waals surface area contributed by atoms with Gasteiger partial charge in [-0.15, -0.1) is 0 Å². The number of hydrogen-bond donors (Lipinski definition) is 0. The Labute approximate surface area is 227 Å². The summed E-state index contributed by atoms with van der Waals surface area (Å²) >= 11 is 0. The van der Waals surface area contributed by atoms with Gasteiger partial charge in [-0.1, -0.05) is 63.8 Å². The van der Waals surface area contributed by atoms with Crippen LogP contribution in [0.25, 0.3) is 0 Å². The smallest absolute Gasteiger partial charge is 0.342 e. The number of unbranched alkanes of at least 4 members (excludes halogenated alkanes) is 4. The Morgan fingerprint density at radius 3 is 2.61 bits per heavy atom. The molecule has 8 nitrogen and oxygen atoms in total. The molecule has 0 unspecified atom stereocenters. The third-order valence-corrected chi connectivity index (χ3v) is 6.65. The lowest BCUT2D eigenvalue weighted by Crippen LogP contribution is -2.32. The van der Waals surface area contributed by atoms with E-state index in [1.807, 2.05) is 12.1 Å². The Balaban J connectivity index is 2.16. The molecule has 0 aromatic heterocycles. The molecule has 0 amide bonds. The first-order chi connectivity index (χ1) is 18.5. The van der Waals surface area contributed by atoms with Crippen molar-refractivity contribution in [3.8, 4) is 5.75 Å². The molecule has 1 aromatic rings. The van der Waals surface area contributed by atoms with Crippen LogP contribution in [0.2, 0.25) is 0 Å². The lowest BCUT2D eigenvalue weighted by Gasteiger charge is -2.28. The third kappa shape index (κ3) is 11.5. The molecule has 214 valence electrons. The van der Waals surface area contributed by atoms with E-state index in [2.05, 4.69) is 26.0 Å². The van der Waals surface area contributed by atoms with Crippen LogP contribution in [0.1, 0.15) is 87.6 Å². The summed E-state index contributed by atoms with van der Waals surface area (Å²) in [5.74, 6) is -0.115. The van der Waals surface area contributed by atoms with Crippen LogP contribution in [0.3, 0.4) is 0 Å². The van der Waals surface area contributed by atoms with E-state index in [4.69, 9.17) is 28.4 Å². The van der Waals surface area contributed by atoms with Crippen LogP contribution in [-0.2, 0) is 34.9 Å². The SMILES string of the molecule is CCCCCCCC(=O)OCC[C@@H]1C[C@H](OCOC)[C@H](C)C/C=C/Cc2cccc(OCOC)c2C(=O)O1. The molecule has 0 saturated heterocycles. The first-order valence-electron chi connectivity index (χ1n) is 13.9. The van der Waals surface area contributed by atoms with E-state index in [0.717, 1.165) is 31.2 Å². The monoisotopic (exact) mass is 534 g/mol. The predicted octanol–water partition coefficient (Wildman–Crippen LogP) is 6.01. The van der Waals surface area contributed by atoms with Gasteiger partial charge < -0.3 is 28.4 Å². The summed E-state index contributed by atoms with van der Waals surface area (Å²) in [5.41, 5.74) is 1.19. The zero-order chi connectivity index (χ0) is 27.6. The van der Waals surface area contributed by atoms with E-state index in [9.17, 15) is 9.59 Å². The van der Waals surface area contributed by atoms with Crippen LogP contribution in [0.15, 0.2) is 30.4 Å². The number of methoxy groups -OCH3 is 2. The van der Waals surface area contributed by atoms with Gasteiger partial charge in [0.15, 0.2) is 6.79 Å². The Morgan fingerprint density at radius 1 is 1.05 bits per heavy atom. The van der Waals surface area contributed by atoms with E-state index in [1.54, 1.807) is 13.2 Å². The molecule has 1 aliphatic rings. The highest BCUT2D eigenvalue weighted by Gasteiger charge is 2.28. The van der Waals surface area contributed by atoms with Gasteiger partial charge >= 0.3 is 11.9 Å². The van der Waals surface area contributed by atoms with Crippen molar-refractivity contribution in [3.05, 3.63) is 41.5 Å². The van der Waals surface area contributed by atoms with Gasteiger partial charge in [-0.2, -0.15) is 0 Å².